The van der Waals surface area contributed by atoms with Crippen LogP contribution in [0.3, 0.4) is 0 Å². The Bertz CT molecular complexity index is 544. The van der Waals surface area contributed by atoms with Gasteiger partial charge in [-0.2, -0.15) is 0 Å². The van der Waals surface area contributed by atoms with E-state index in [0.717, 1.165) is 17.5 Å². The Hall–Kier alpha value is -0.950. The SMILES string of the molecule is CCc1ccc(S(=O)(=O)NCC(C)COC)cc1CNC. The molecule has 1 unspecified atom stereocenters. The minimum atomic E-state index is -3.47. The molecule has 0 radical (unpaired) electrons. The summed E-state index contributed by atoms with van der Waals surface area (Å²) in [7, 11) is -0.0107. The highest BCUT2D eigenvalue weighted by molar-refractivity contribution is 7.89. The largest absolute Gasteiger partial charge is 0.384 e. The van der Waals surface area contributed by atoms with Crippen LogP contribution in [0.5, 0.6) is 0 Å². The highest BCUT2D eigenvalue weighted by Crippen LogP contribution is 2.17. The molecule has 1 rings (SSSR count). The van der Waals surface area contributed by atoms with Crippen molar-refractivity contribution in [1.29, 1.82) is 0 Å². The van der Waals surface area contributed by atoms with Crippen molar-refractivity contribution in [1.82, 2.24) is 10.0 Å². The molecule has 0 fully saturated rings. The van der Waals surface area contributed by atoms with E-state index in [0.29, 0.717) is 24.6 Å². The molecule has 6 heteroatoms. The zero-order valence-electron chi connectivity index (χ0n) is 13.3. The highest BCUT2D eigenvalue weighted by atomic mass is 32.2. The van der Waals surface area contributed by atoms with Gasteiger partial charge in [0.1, 0.15) is 0 Å². The first-order chi connectivity index (χ1) is 9.94. The van der Waals surface area contributed by atoms with Gasteiger partial charge in [-0.15, -0.1) is 0 Å². The average molecular weight is 314 g/mol. The molecule has 0 aromatic heterocycles. The summed E-state index contributed by atoms with van der Waals surface area (Å²) in [4.78, 5) is 0.314. The lowest BCUT2D eigenvalue weighted by atomic mass is 10.1. The molecule has 0 bridgehead atoms. The van der Waals surface area contributed by atoms with Crippen LogP contribution in [-0.4, -0.2) is 35.7 Å². The molecule has 0 aliphatic carbocycles. The van der Waals surface area contributed by atoms with E-state index in [1.54, 1.807) is 19.2 Å². The lowest BCUT2D eigenvalue weighted by molar-refractivity contribution is 0.161. The van der Waals surface area contributed by atoms with E-state index in [2.05, 4.69) is 17.0 Å². The highest BCUT2D eigenvalue weighted by Gasteiger charge is 2.16. The number of hydrogen-bond acceptors (Lipinski definition) is 4. The number of rotatable bonds is 9. The lowest BCUT2D eigenvalue weighted by Crippen LogP contribution is -2.30. The minimum absolute atomic E-state index is 0.136. The number of ether oxygens (including phenoxy) is 1. The maximum atomic E-state index is 12.3. The van der Waals surface area contributed by atoms with Crippen molar-refractivity contribution in [2.45, 2.75) is 31.7 Å². The summed E-state index contributed by atoms with van der Waals surface area (Å²) >= 11 is 0. The third-order valence-corrected chi connectivity index (χ3v) is 4.73. The summed E-state index contributed by atoms with van der Waals surface area (Å²) in [5.74, 6) is 0.136. The molecular weight excluding hydrogens is 288 g/mol. The summed E-state index contributed by atoms with van der Waals surface area (Å²) in [6.45, 7) is 5.56. The monoisotopic (exact) mass is 314 g/mol. The molecule has 0 saturated heterocycles. The van der Waals surface area contributed by atoms with E-state index in [1.807, 2.05) is 20.0 Å². The van der Waals surface area contributed by atoms with E-state index >= 15 is 0 Å². The Morgan fingerprint density at radius 3 is 2.57 bits per heavy atom. The topological polar surface area (TPSA) is 67.4 Å². The molecule has 21 heavy (non-hydrogen) atoms. The van der Waals surface area contributed by atoms with Crippen LogP contribution in [0, 0.1) is 5.92 Å². The van der Waals surface area contributed by atoms with Crippen molar-refractivity contribution in [3.05, 3.63) is 29.3 Å². The molecule has 0 aliphatic heterocycles. The summed E-state index contributed by atoms with van der Waals surface area (Å²) in [5.41, 5.74) is 2.18. The van der Waals surface area contributed by atoms with Gasteiger partial charge in [0.25, 0.3) is 0 Å². The van der Waals surface area contributed by atoms with Crippen LogP contribution in [0.1, 0.15) is 25.0 Å². The first-order valence-corrected chi connectivity index (χ1v) is 8.67. The predicted octanol–water partition coefficient (Wildman–Crippen LogP) is 1.53. The van der Waals surface area contributed by atoms with Crippen LogP contribution in [0.2, 0.25) is 0 Å². The van der Waals surface area contributed by atoms with Gasteiger partial charge >= 0.3 is 0 Å². The summed E-state index contributed by atoms with van der Waals surface area (Å²) < 4.78 is 32.3. The van der Waals surface area contributed by atoms with Gasteiger partial charge in [-0.3, -0.25) is 0 Å². The normalized spacial score (nSPS) is 13.3. The van der Waals surface area contributed by atoms with Crippen molar-refractivity contribution in [3.8, 4) is 0 Å². The summed E-state index contributed by atoms with van der Waals surface area (Å²) in [6.07, 6.45) is 0.885. The van der Waals surface area contributed by atoms with Crippen molar-refractivity contribution in [2.24, 2.45) is 5.92 Å². The number of sulfonamides is 1. The van der Waals surface area contributed by atoms with Crippen LogP contribution < -0.4 is 10.0 Å². The van der Waals surface area contributed by atoms with Gasteiger partial charge in [-0.1, -0.05) is 19.9 Å². The molecule has 0 spiro atoms. The number of benzene rings is 1. The van der Waals surface area contributed by atoms with Gasteiger partial charge in [-0.05, 0) is 42.6 Å². The van der Waals surface area contributed by atoms with E-state index in [9.17, 15) is 8.42 Å². The lowest BCUT2D eigenvalue weighted by Gasteiger charge is -2.14. The van der Waals surface area contributed by atoms with Gasteiger partial charge in [0, 0.05) is 26.8 Å². The maximum Gasteiger partial charge on any atom is 0.240 e. The Balaban J connectivity index is 2.90. The van der Waals surface area contributed by atoms with Crippen molar-refractivity contribution >= 4 is 10.0 Å². The molecule has 5 nitrogen and oxygen atoms in total. The Morgan fingerprint density at radius 1 is 1.29 bits per heavy atom. The predicted molar refractivity (Wildman–Crippen MR) is 84.8 cm³/mol. The van der Waals surface area contributed by atoms with Crippen LogP contribution in [0.15, 0.2) is 23.1 Å². The minimum Gasteiger partial charge on any atom is -0.384 e. The Labute approximate surface area is 128 Å². The number of nitrogens with one attached hydrogen (secondary N) is 2. The molecule has 2 N–H and O–H groups in total. The summed E-state index contributed by atoms with van der Waals surface area (Å²) in [5, 5.41) is 3.07. The number of hydrogen-bond donors (Lipinski definition) is 2. The van der Waals surface area contributed by atoms with Gasteiger partial charge in [0.15, 0.2) is 0 Å². The fourth-order valence-corrected chi connectivity index (χ4v) is 3.36. The van der Waals surface area contributed by atoms with Gasteiger partial charge in [0.2, 0.25) is 10.0 Å². The second-order valence-electron chi connectivity index (χ2n) is 5.23. The first kappa shape index (κ1) is 18.1. The van der Waals surface area contributed by atoms with Gasteiger partial charge in [-0.25, -0.2) is 13.1 Å². The van der Waals surface area contributed by atoms with Gasteiger partial charge < -0.3 is 10.1 Å². The second-order valence-corrected chi connectivity index (χ2v) is 6.99. The quantitative estimate of drug-likeness (QED) is 0.725. The number of aryl methyl sites for hydroxylation is 1. The molecular formula is C15H26N2O3S. The third-order valence-electron chi connectivity index (χ3n) is 3.31. The number of methoxy groups -OCH3 is 1. The molecule has 0 aliphatic rings. The molecule has 0 saturated carbocycles. The first-order valence-electron chi connectivity index (χ1n) is 7.19. The fraction of sp³-hybridized carbons (Fsp3) is 0.600. The van der Waals surface area contributed by atoms with Crippen LogP contribution >= 0.6 is 0 Å². The zero-order valence-corrected chi connectivity index (χ0v) is 14.1. The van der Waals surface area contributed by atoms with Gasteiger partial charge in [0.05, 0.1) is 4.90 Å². The van der Waals surface area contributed by atoms with Crippen LogP contribution in [0.4, 0.5) is 0 Å². The van der Waals surface area contributed by atoms with Crippen LogP contribution in [0.25, 0.3) is 0 Å². The third kappa shape index (κ3) is 5.39. The van der Waals surface area contributed by atoms with Crippen LogP contribution in [-0.2, 0) is 27.7 Å². The zero-order chi connectivity index (χ0) is 15.9. The average Bonchev–Trinajstić information content (AvgIpc) is 2.46. The Kier molecular flexibility index (Phi) is 7.31. The fourth-order valence-electron chi connectivity index (χ4n) is 2.15. The maximum absolute atomic E-state index is 12.3. The van der Waals surface area contributed by atoms with Crippen molar-refractivity contribution < 1.29 is 13.2 Å². The molecule has 1 aromatic rings. The molecule has 120 valence electrons. The molecule has 1 atom stereocenters. The van der Waals surface area contributed by atoms with Crippen molar-refractivity contribution in [3.63, 3.8) is 0 Å². The second kappa shape index (κ2) is 8.48. The van der Waals surface area contributed by atoms with E-state index in [4.69, 9.17) is 4.74 Å². The standard InChI is InChI=1S/C15H26N2O3S/c1-5-13-6-7-15(8-14(13)10-16-3)21(18,19)17-9-12(2)11-20-4/h6-8,12,16-17H,5,9-11H2,1-4H3. The van der Waals surface area contributed by atoms with E-state index in [1.165, 1.54) is 0 Å². The van der Waals surface area contributed by atoms with Crippen molar-refractivity contribution in [2.75, 3.05) is 27.3 Å². The molecule has 0 heterocycles. The Morgan fingerprint density at radius 2 is 2.00 bits per heavy atom. The van der Waals surface area contributed by atoms with E-state index in [-0.39, 0.29) is 5.92 Å². The molecule has 1 aromatic carbocycles. The smallest absolute Gasteiger partial charge is 0.240 e. The summed E-state index contributed by atoms with van der Waals surface area (Å²) in [6, 6.07) is 5.31. The van der Waals surface area contributed by atoms with E-state index < -0.39 is 10.0 Å². The molecule has 0 amide bonds.